The molecule has 1 saturated carbocycles. The van der Waals surface area contributed by atoms with Crippen LogP contribution in [0.25, 0.3) is 0 Å². The van der Waals surface area contributed by atoms with Gasteiger partial charge in [0.25, 0.3) is 0 Å². The molecule has 1 aliphatic heterocycles. The zero-order chi connectivity index (χ0) is 13.3. The standard InChI is InChI=1S/C15H27NO2/c1-10(2)12-4-6-14(7-5-12)16-8-13(9-16)11(3)15(17)18/h10-14H,4-9H2,1-3H3,(H,17,18). The summed E-state index contributed by atoms with van der Waals surface area (Å²) in [4.78, 5) is 13.4. The maximum Gasteiger partial charge on any atom is 0.306 e. The SMILES string of the molecule is CC(C)C1CCC(N2CC(C(C)C(=O)O)C2)CC1. The number of carboxylic acids is 1. The summed E-state index contributed by atoms with van der Waals surface area (Å²) >= 11 is 0. The Kier molecular flexibility index (Phi) is 4.31. The van der Waals surface area contributed by atoms with E-state index in [0.29, 0.717) is 5.92 Å². The van der Waals surface area contributed by atoms with Crippen molar-refractivity contribution in [2.45, 2.75) is 52.5 Å². The first-order valence-corrected chi connectivity index (χ1v) is 7.46. The molecule has 1 unspecified atom stereocenters. The molecule has 0 aromatic carbocycles. The molecule has 0 bridgehead atoms. The quantitative estimate of drug-likeness (QED) is 0.837. The molecule has 1 heterocycles. The van der Waals surface area contributed by atoms with Crippen LogP contribution in [0.5, 0.6) is 0 Å². The van der Waals surface area contributed by atoms with Gasteiger partial charge in [-0.1, -0.05) is 20.8 Å². The maximum atomic E-state index is 10.9. The summed E-state index contributed by atoms with van der Waals surface area (Å²) in [7, 11) is 0. The van der Waals surface area contributed by atoms with Gasteiger partial charge in [-0.2, -0.15) is 0 Å². The van der Waals surface area contributed by atoms with Crippen LogP contribution in [-0.2, 0) is 4.79 Å². The minimum atomic E-state index is -0.636. The predicted octanol–water partition coefficient (Wildman–Crippen LogP) is 2.85. The Balaban J connectivity index is 1.72. The van der Waals surface area contributed by atoms with Gasteiger partial charge in [0.1, 0.15) is 0 Å². The van der Waals surface area contributed by atoms with E-state index in [-0.39, 0.29) is 5.92 Å². The second-order valence-corrected chi connectivity index (χ2v) is 6.65. The third-order valence-corrected chi connectivity index (χ3v) is 5.24. The van der Waals surface area contributed by atoms with E-state index < -0.39 is 5.97 Å². The Bertz CT molecular complexity index is 289. The van der Waals surface area contributed by atoms with Gasteiger partial charge >= 0.3 is 5.97 Å². The normalized spacial score (nSPS) is 32.2. The number of hydrogen-bond acceptors (Lipinski definition) is 2. The molecule has 3 heteroatoms. The van der Waals surface area contributed by atoms with Crippen molar-refractivity contribution in [1.29, 1.82) is 0 Å². The first-order chi connectivity index (χ1) is 8.49. The highest BCUT2D eigenvalue weighted by Crippen LogP contribution is 2.36. The van der Waals surface area contributed by atoms with E-state index in [1.54, 1.807) is 0 Å². The van der Waals surface area contributed by atoms with E-state index in [0.717, 1.165) is 31.0 Å². The molecule has 104 valence electrons. The Labute approximate surface area is 111 Å². The van der Waals surface area contributed by atoms with Crippen LogP contribution in [0.15, 0.2) is 0 Å². The molecule has 1 aliphatic carbocycles. The van der Waals surface area contributed by atoms with Crippen LogP contribution in [-0.4, -0.2) is 35.1 Å². The van der Waals surface area contributed by atoms with Crippen molar-refractivity contribution in [2.75, 3.05) is 13.1 Å². The highest BCUT2D eigenvalue weighted by molar-refractivity contribution is 5.70. The second kappa shape index (κ2) is 5.60. The molecule has 2 fully saturated rings. The number of carboxylic acid groups (broad SMARTS) is 1. The second-order valence-electron chi connectivity index (χ2n) is 6.65. The van der Waals surface area contributed by atoms with Crippen LogP contribution in [0, 0.1) is 23.7 Å². The van der Waals surface area contributed by atoms with E-state index in [9.17, 15) is 4.79 Å². The zero-order valence-electron chi connectivity index (χ0n) is 11.9. The molecule has 2 aliphatic rings. The lowest BCUT2D eigenvalue weighted by Gasteiger charge is -2.48. The van der Waals surface area contributed by atoms with Crippen molar-refractivity contribution in [3.63, 3.8) is 0 Å². The number of nitrogens with zero attached hydrogens (tertiary/aromatic N) is 1. The number of likely N-dealkylation sites (tertiary alicyclic amines) is 1. The summed E-state index contributed by atoms with van der Waals surface area (Å²) < 4.78 is 0. The summed E-state index contributed by atoms with van der Waals surface area (Å²) in [5, 5.41) is 8.99. The van der Waals surface area contributed by atoms with Crippen LogP contribution in [0.2, 0.25) is 0 Å². The first kappa shape index (κ1) is 13.9. The van der Waals surface area contributed by atoms with Gasteiger partial charge in [-0.15, -0.1) is 0 Å². The van der Waals surface area contributed by atoms with E-state index in [1.807, 2.05) is 6.92 Å². The molecular formula is C15H27NO2. The average Bonchev–Trinajstić information content (AvgIpc) is 2.27. The molecule has 0 spiro atoms. The third kappa shape index (κ3) is 2.87. The van der Waals surface area contributed by atoms with Crippen molar-refractivity contribution in [3.05, 3.63) is 0 Å². The van der Waals surface area contributed by atoms with E-state index in [1.165, 1.54) is 25.7 Å². The van der Waals surface area contributed by atoms with Gasteiger partial charge in [-0.25, -0.2) is 0 Å². The Morgan fingerprint density at radius 1 is 1.06 bits per heavy atom. The summed E-state index contributed by atoms with van der Waals surface area (Å²) in [6.07, 6.45) is 5.35. The largest absolute Gasteiger partial charge is 0.481 e. The Hall–Kier alpha value is -0.570. The number of hydrogen-bond donors (Lipinski definition) is 1. The van der Waals surface area contributed by atoms with Gasteiger partial charge in [-0.05, 0) is 43.4 Å². The molecule has 1 atom stereocenters. The van der Waals surface area contributed by atoms with Gasteiger partial charge < -0.3 is 5.11 Å². The first-order valence-electron chi connectivity index (χ1n) is 7.46. The van der Waals surface area contributed by atoms with E-state index in [4.69, 9.17) is 5.11 Å². The minimum Gasteiger partial charge on any atom is -0.481 e. The zero-order valence-corrected chi connectivity index (χ0v) is 11.9. The molecule has 1 saturated heterocycles. The summed E-state index contributed by atoms with van der Waals surface area (Å²) in [6, 6.07) is 0.734. The maximum absolute atomic E-state index is 10.9. The summed E-state index contributed by atoms with van der Waals surface area (Å²) in [6.45, 7) is 8.52. The fourth-order valence-electron chi connectivity index (χ4n) is 3.50. The van der Waals surface area contributed by atoms with Crippen LogP contribution < -0.4 is 0 Å². The van der Waals surface area contributed by atoms with Crippen LogP contribution >= 0.6 is 0 Å². The lowest BCUT2D eigenvalue weighted by atomic mass is 9.77. The topological polar surface area (TPSA) is 40.5 Å². The molecule has 0 aromatic rings. The lowest BCUT2D eigenvalue weighted by Crippen LogP contribution is -2.55. The molecule has 2 rings (SSSR count). The van der Waals surface area contributed by atoms with Crippen molar-refractivity contribution in [1.82, 2.24) is 4.90 Å². The van der Waals surface area contributed by atoms with Gasteiger partial charge in [0, 0.05) is 19.1 Å². The van der Waals surface area contributed by atoms with E-state index in [2.05, 4.69) is 18.7 Å². The van der Waals surface area contributed by atoms with Gasteiger partial charge in [-0.3, -0.25) is 9.69 Å². The Morgan fingerprint density at radius 3 is 2.06 bits per heavy atom. The molecule has 18 heavy (non-hydrogen) atoms. The van der Waals surface area contributed by atoms with Crippen molar-refractivity contribution >= 4 is 5.97 Å². The van der Waals surface area contributed by atoms with Gasteiger partial charge in [0.05, 0.1) is 5.92 Å². The molecule has 0 amide bonds. The smallest absolute Gasteiger partial charge is 0.306 e. The minimum absolute atomic E-state index is 0.173. The number of carbonyl (C=O) groups is 1. The highest BCUT2D eigenvalue weighted by atomic mass is 16.4. The average molecular weight is 253 g/mol. The molecular weight excluding hydrogens is 226 g/mol. The fourth-order valence-corrected chi connectivity index (χ4v) is 3.50. The molecule has 1 N–H and O–H groups in total. The van der Waals surface area contributed by atoms with Crippen LogP contribution in [0.1, 0.15) is 46.5 Å². The van der Waals surface area contributed by atoms with Crippen LogP contribution in [0.3, 0.4) is 0 Å². The molecule has 0 aromatic heterocycles. The van der Waals surface area contributed by atoms with Crippen molar-refractivity contribution in [3.8, 4) is 0 Å². The van der Waals surface area contributed by atoms with Crippen molar-refractivity contribution in [2.24, 2.45) is 23.7 Å². The number of aliphatic carboxylic acids is 1. The lowest BCUT2D eigenvalue weighted by molar-refractivity contribution is -0.146. The highest BCUT2D eigenvalue weighted by Gasteiger charge is 2.39. The molecule has 3 nitrogen and oxygen atoms in total. The summed E-state index contributed by atoms with van der Waals surface area (Å²) in [5.41, 5.74) is 0. The fraction of sp³-hybridized carbons (Fsp3) is 0.933. The number of rotatable bonds is 4. The van der Waals surface area contributed by atoms with Gasteiger partial charge in [0.15, 0.2) is 0 Å². The van der Waals surface area contributed by atoms with Crippen molar-refractivity contribution < 1.29 is 9.90 Å². The predicted molar refractivity (Wildman–Crippen MR) is 72.4 cm³/mol. The monoisotopic (exact) mass is 253 g/mol. The third-order valence-electron chi connectivity index (χ3n) is 5.24. The molecule has 0 radical (unpaired) electrons. The van der Waals surface area contributed by atoms with Crippen LogP contribution in [0.4, 0.5) is 0 Å². The van der Waals surface area contributed by atoms with E-state index >= 15 is 0 Å². The van der Waals surface area contributed by atoms with Gasteiger partial charge in [0.2, 0.25) is 0 Å². The summed E-state index contributed by atoms with van der Waals surface area (Å²) in [5.74, 6) is 1.31. The Morgan fingerprint density at radius 2 is 1.61 bits per heavy atom.